The third-order valence-electron chi connectivity index (χ3n) is 4.18. The SMILES string of the molecule is CCC(CC)N1CCc2c(COS(C)(=O)=O)cccc2C1=O. The molecule has 0 radical (unpaired) electrons. The molecule has 0 aromatic heterocycles. The second-order valence-corrected chi connectivity index (χ2v) is 7.27. The summed E-state index contributed by atoms with van der Waals surface area (Å²) in [5, 5.41) is 0. The van der Waals surface area contributed by atoms with Gasteiger partial charge in [0.2, 0.25) is 0 Å². The van der Waals surface area contributed by atoms with Crippen molar-refractivity contribution in [3.05, 3.63) is 34.9 Å². The van der Waals surface area contributed by atoms with Gasteiger partial charge in [0.1, 0.15) is 0 Å². The molecule has 122 valence electrons. The van der Waals surface area contributed by atoms with Crippen LogP contribution in [0.15, 0.2) is 18.2 Å². The molecule has 0 N–H and O–H groups in total. The summed E-state index contributed by atoms with van der Waals surface area (Å²) in [6.07, 6.45) is 3.64. The van der Waals surface area contributed by atoms with E-state index in [-0.39, 0.29) is 18.6 Å². The van der Waals surface area contributed by atoms with Crippen molar-refractivity contribution < 1.29 is 17.4 Å². The van der Waals surface area contributed by atoms with Crippen LogP contribution in [-0.4, -0.2) is 38.1 Å². The molecule has 0 saturated carbocycles. The van der Waals surface area contributed by atoms with E-state index in [9.17, 15) is 13.2 Å². The van der Waals surface area contributed by atoms with E-state index in [2.05, 4.69) is 13.8 Å². The van der Waals surface area contributed by atoms with Gasteiger partial charge in [0.15, 0.2) is 0 Å². The van der Waals surface area contributed by atoms with Gasteiger partial charge in [-0.2, -0.15) is 8.42 Å². The van der Waals surface area contributed by atoms with Crippen LogP contribution in [0.5, 0.6) is 0 Å². The molecule has 22 heavy (non-hydrogen) atoms. The fourth-order valence-corrected chi connectivity index (χ4v) is 3.34. The van der Waals surface area contributed by atoms with Crippen molar-refractivity contribution in [2.75, 3.05) is 12.8 Å². The molecule has 0 aliphatic carbocycles. The lowest BCUT2D eigenvalue weighted by Gasteiger charge is -2.35. The summed E-state index contributed by atoms with van der Waals surface area (Å²) in [5.74, 6) is 0.0381. The van der Waals surface area contributed by atoms with Crippen LogP contribution in [0.25, 0.3) is 0 Å². The monoisotopic (exact) mass is 325 g/mol. The molecule has 1 aromatic carbocycles. The van der Waals surface area contributed by atoms with Crippen LogP contribution in [0.1, 0.15) is 48.2 Å². The number of rotatable bonds is 6. The summed E-state index contributed by atoms with van der Waals surface area (Å²) in [4.78, 5) is 14.6. The Balaban J connectivity index is 2.27. The van der Waals surface area contributed by atoms with E-state index < -0.39 is 10.1 Å². The smallest absolute Gasteiger partial charge is 0.264 e. The minimum Gasteiger partial charge on any atom is -0.335 e. The number of benzene rings is 1. The second-order valence-electron chi connectivity index (χ2n) is 5.63. The van der Waals surface area contributed by atoms with Crippen molar-refractivity contribution >= 4 is 16.0 Å². The summed E-state index contributed by atoms with van der Waals surface area (Å²) in [7, 11) is -3.49. The molecule has 1 heterocycles. The molecule has 0 atom stereocenters. The van der Waals surface area contributed by atoms with Crippen molar-refractivity contribution in [1.29, 1.82) is 0 Å². The average molecular weight is 325 g/mol. The van der Waals surface area contributed by atoms with E-state index in [0.29, 0.717) is 12.1 Å². The highest BCUT2D eigenvalue weighted by Crippen LogP contribution is 2.26. The van der Waals surface area contributed by atoms with Crippen LogP contribution in [-0.2, 0) is 27.3 Å². The molecule has 0 spiro atoms. The van der Waals surface area contributed by atoms with Gasteiger partial charge in [0, 0.05) is 18.2 Å². The molecule has 1 aliphatic heterocycles. The van der Waals surface area contributed by atoms with Gasteiger partial charge in [0.25, 0.3) is 16.0 Å². The number of carbonyl (C=O) groups is 1. The van der Waals surface area contributed by atoms with Crippen LogP contribution < -0.4 is 0 Å². The summed E-state index contributed by atoms with van der Waals surface area (Å²) in [6, 6.07) is 5.69. The number of hydrogen-bond acceptors (Lipinski definition) is 4. The van der Waals surface area contributed by atoms with Crippen molar-refractivity contribution in [3.8, 4) is 0 Å². The predicted octanol–water partition coefficient (Wildman–Crippen LogP) is 2.35. The summed E-state index contributed by atoms with van der Waals surface area (Å²) < 4.78 is 27.2. The van der Waals surface area contributed by atoms with Gasteiger partial charge in [0.05, 0.1) is 12.9 Å². The molecule has 0 saturated heterocycles. The zero-order chi connectivity index (χ0) is 16.3. The predicted molar refractivity (Wildman–Crippen MR) is 85.2 cm³/mol. The van der Waals surface area contributed by atoms with E-state index in [4.69, 9.17) is 4.18 Å². The number of amides is 1. The zero-order valence-electron chi connectivity index (χ0n) is 13.3. The lowest BCUT2D eigenvalue weighted by Crippen LogP contribution is -2.44. The molecule has 0 bridgehead atoms. The molecule has 5 nitrogen and oxygen atoms in total. The Hall–Kier alpha value is -1.40. The number of fused-ring (bicyclic) bond motifs is 1. The largest absolute Gasteiger partial charge is 0.335 e. The second kappa shape index (κ2) is 6.79. The van der Waals surface area contributed by atoms with Gasteiger partial charge in [-0.15, -0.1) is 0 Å². The third kappa shape index (κ3) is 3.67. The van der Waals surface area contributed by atoms with Crippen molar-refractivity contribution in [2.45, 2.75) is 45.8 Å². The Labute approximate surface area is 132 Å². The highest BCUT2D eigenvalue weighted by molar-refractivity contribution is 7.85. The lowest BCUT2D eigenvalue weighted by molar-refractivity contribution is 0.0648. The number of hydrogen-bond donors (Lipinski definition) is 0. The average Bonchev–Trinajstić information content (AvgIpc) is 2.48. The maximum atomic E-state index is 12.7. The molecule has 0 fully saturated rings. The fraction of sp³-hybridized carbons (Fsp3) is 0.562. The molecule has 1 aliphatic rings. The van der Waals surface area contributed by atoms with Crippen LogP contribution in [0, 0.1) is 0 Å². The Morgan fingerprint density at radius 2 is 1.95 bits per heavy atom. The minimum absolute atomic E-state index is 0.0136. The first-order valence-corrected chi connectivity index (χ1v) is 9.45. The van der Waals surface area contributed by atoms with E-state index in [1.54, 1.807) is 6.07 Å². The van der Waals surface area contributed by atoms with Gasteiger partial charge < -0.3 is 4.90 Å². The lowest BCUT2D eigenvalue weighted by atomic mass is 9.92. The van der Waals surface area contributed by atoms with Gasteiger partial charge in [-0.3, -0.25) is 8.98 Å². The maximum absolute atomic E-state index is 12.7. The number of carbonyl (C=O) groups excluding carboxylic acids is 1. The highest BCUT2D eigenvalue weighted by Gasteiger charge is 2.29. The summed E-state index contributed by atoms with van der Waals surface area (Å²) in [5.41, 5.74) is 2.37. The maximum Gasteiger partial charge on any atom is 0.264 e. The van der Waals surface area contributed by atoms with E-state index in [0.717, 1.165) is 36.6 Å². The quantitative estimate of drug-likeness (QED) is 0.753. The summed E-state index contributed by atoms with van der Waals surface area (Å²) >= 11 is 0. The minimum atomic E-state index is -3.49. The first-order chi connectivity index (χ1) is 10.4. The topological polar surface area (TPSA) is 63.7 Å². The van der Waals surface area contributed by atoms with Gasteiger partial charge >= 0.3 is 0 Å². The first kappa shape index (κ1) is 17.0. The molecular weight excluding hydrogens is 302 g/mol. The van der Waals surface area contributed by atoms with Gasteiger partial charge in [-0.05, 0) is 36.5 Å². The van der Waals surface area contributed by atoms with Gasteiger partial charge in [-0.1, -0.05) is 26.0 Å². The molecule has 0 unspecified atom stereocenters. The van der Waals surface area contributed by atoms with Crippen LogP contribution in [0.3, 0.4) is 0 Å². The molecular formula is C16H23NO4S. The molecule has 1 aromatic rings. The molecule has 1 amide bonds. The summed E-state index contributed by atoms with van der Waals surface area (Å²) in [6.45, 7) is 4.84. The molecule has 6 heteroatoms. The fourth-order valence-electron chi connectivity index (χ4n) is 3.00. The standard InChI is InChI=1S/C16H23NO4S/c1-4-13(5-2)17-10-9-14-12(11-21-22(3,19)20)7-6-8-15(14)16(17)18/h6-8,13H,4-5,9-11H2,1-3H3. The van der Waals surface area contributed by atoms with E-state index in [1.807, 2.05) is 17.0 Å². The van der Waals surface area contributed by atoms with Crippen LogP contribution in [0.4, 0.5) is 0 Å². The van der Waals surface area contributed by atoms with Gasteiger partial charge in [-0.25, -0.2) is 0 Å². The Bertz CT molecular complexity index is 650. The highest BCUT2D eigenvalue weighted by atomic mass is 32.2. The number of nitrogens with zero attached hydrogens (tertiary/aromatic N) is 1. The first-order valence-electron chi connectivity index (χ1n) is 7.63. The van der Waals surface area contributed by atoms with E-state index >= 15 is 0 Å². The van der Waals surface area contributed by atoms with Crippen molar-refractivity contribution in [3.63, 3.8) is 0 Å². The Morgan fingerprint density at radius 1 is 1.27 bits per heavy atom. The van der Waals surface area contributed by atoms with Crippen LogP contribution >= 0.6 is 0 Å². The van der Waals surface area contributed by atoms with Crippen LogP contribution in [0.2, 0.25) is 0 Å². The Kier molecular flexibility index (Phi) is 5.24. The normalized spacial score (nSPS) is 15.3. The third-order valence-corrected chi connectivity index (χ3v) is 4.72. The van der Waals surface area contributed by atoms with Crippen molar-refractivity contribution in [2.24, 2.45) is 0 Å². The molecule has 2 rings (SSSR count). The zero-order valence-corrected chi connectivity index (χ0v) is 14.1. The van der Waals surface area contributed by atoms with E-state index in [1.165, 1.54) is 0 Å². The van der Waals surface area contributed by atoms with Crippen molar-refractivity contribution in [1.82, 2.24) is 4.90 Å². The Morgan fingerprint density at radius 3 is 2.55 bits per heavy atom.